The van der Waals surface area contributed by atoms with Gasteiger partial charge in [0.25, 0.3) is 0 Å². The minimum absolute atomic E-state index is 0.00346. The van der Waals surface area contributed by atoms with Crippen molar-refractivity contribution in [3.05, 3.63) is 48.6 Å². The second-order valence-electron chi connectivity index (χ2n) is 23.2. The second-order valence-corrected chi connectivity index (χ2v) is 23.2. The molecule has 11 nitrogen and oxygen atoms in total. The smallest absolute Gasteiger partial charge is 0.305 e. The molecule has 1 saturated heterocycles. The molecule has 1 aliphatic rings. The lowest BCUT2D eigenvalue weighted by Gasteiger charge is -2.40. The lowest BCUT2D eigenvalue weighted by molar-refractivity contribution is -0.302. The van der Waals surface area contributed by atoms with E-state index < -0.39 is 49.5 Å². The van der Waals surface area contributed by atoms with Gasteiger partial charge in [0.2, 0.25) is 5.91 Å². The van der Waals surface area contributed by atoms with Crippen molar-refractivity contribution in [2.75, 3.05) is 19.8 Å². The van der Waals surface area contributed by atoms with E-state index in [1.165, 1.54) is 212 Å². The van der Waals surface area contributed by atoms with Crippen molar-refractivity contribution in [2.24, 2.45) is 0 Å². The van der Waals surface area contributed by atoms with E-state index in [0.717, 1.165) is 70.6 Å². The van der Waals surface area contributed by atoms with Gasteiger partial charge in [-0.15, -0.1) is 0 Å². The molecule has 0 aliphatic carbocycles. The van der Waals surface area contributed by atoms with Crippen LogP contribution in [0.4, 0.5) is 0 Å². The first-order valence-corrected chi connectivity index (χ1v) is 33.4. The van der Waals surface area contributed by atoms with Crippen LogP contribution in [-0.4, -0.2) is 100 Å². The van der Waals surface area contributed by atoms with Crippen LogP contribution >= 0.6 is 0 Å². The van der Waals surface area contributed by atoms with Gasteiger partial charge in [-0.2, -0.15) is 0 Å². The SMILES string of the molecule is CCCCC/C=C/CC/C=C/C(O)C(COC1OC(CO)C(O)C(O)C1O)NC(=O)CCCCCCCCCCCCC/C=C\C/C=C\CCCCCCCCCCCOC(=O)CCCCCCCCCCCCCCCCC. The number of rotatable bonds is 58. The summed E-state index contributed by atoms with van der Waals surface area (Å²) in [5.74, 6) is -0.194. The van der Waals surface area contributed by atoms with Gasteiger partial charge in [-0.1, -0.05) is 268 Å². The van der Waals surface area contributed by atoms with Crippen LogP contribution in [0.1, 0.15) is 309 Å². The Morgan fingerprint density at radius 2 is 0.861 bits per heavy atom. The van der Waals surface area contributed by atoms with Gasteiger partial charge in [0.15, 0.2) is 6.29 Å². The van der Waals surface area contributed by atoms with Crippen LogP contribution < -0.4 is 5.32 Å². The van der Waals surface area contributed by atoms with Crippen LogP contribution in [0.5, 0.6) is 0 Å². The first-order valence-electron chi connectivity index (χ1n) is 33.4. The van der Waals surface area contributed by atoms with Crippen LogP contribution in [-0.2, 0) is 23.8 Å². The molecule has 0 saturated carbocycles. The molecule has 0 radical (unpaired) electrons. The number of aliphatic hydroxyl groups excluding tert-OH is 5. The summed E-state index contributed by atoms with van der Waals surface area (Å²) in [6.45, 7) is 4.29. The zero-order valence-corrected chi connectivity index (χ0v) is 51.1. The number of carbonyl (C=O) groups is 2. The van der Waals surface area contributed by atoms with Crippen LogP contribution in [0, 0.1) is 0 Å². The van der Waals surface area contributed by atoms with E-state index in [1.807, 2.05) is 6.08 Å². The predicted octanol–water partition coefficient (Wildman–Crippen LogP) is 16.4. The number of hydrogen-bond donors (Lipinski definition) is 6. The molecule has 6 N–H and O–H groups in total. The molecular formula is C68H125NO10. The Morgan fingerprint density at radius 1 is 0.468 bits per heavy atom. The highest BCUT2D eigenvalue weighted by Crippen LogP contribution is 2.23. The average Bonchev–Trinajstić information content (AvgIpc) is 3.46. The summed E-state index contributed by atoms with van der Waals surface area (Å²) >= 11 is 0. The number of ether oxygens (including phenoxy) is 3. The summed E-state index contributed by atoms with van der Waals surface area (Å²) in [6, 6.07) is -0.829. The van der Waals surface area contributed by atoms with Crippen LogP contribution in [0.25, 0.3) is 0 Å². The standard InChI is InChI=1S/C68H125NO10/c1-3-5-7-9-11-13-14-15-29-33-36-40-44-48-52-56-64(73)77-57-53-49-45-41-37-34-31-28-26-24-22-20-18-16-17-19-21-23-25-27-30-32-35-39-43-47-51-55-63(72)69-60(61(71)54-50-46-42-38-12-10-8-6-4-2)59-78-68-67(76)66(75)65(74)62(58-70)79-68/h12,16-17,20,22,38,50,54,60-62,65-68,70-71,74-76H,3-11,13-15,18-19,21,23-37,39-49,51-53,55-59H2,1-2H3,(H,69,72)/b17-16-,22-20-,38-12+,54-50+. The molecule has 1 rings (SSSR count). The van der Waals surface area contributed by atoms with Crippen molar-refractivity contribution >= 4 is 11.9 Å². The summed E-state index contributed by atoms with van der Waals surface area (Å²) in [6.07, 6.45) is 63.9. The quantitative estimate of drug-likeness (QED) is 0.0195. The molecule has 0 aromatic carbocycles. The summed E-state index contributed by atoms with van der Waals surface area (Å²) in [5, 5.41) is 54.2. The molecule has 0 bridgehead atoms. The molecule has 0 spiro atoms. The van der Waals surface area contributed by atoms with E-state index >= 15 is 0 Å². The lowest BCUT2D eigenvalue weighted by Crippen LogP contribution is -2.60. The fourth-order valence-electron chi connectivity index (χ4n) is 10.4. The van der Waals surface area contributed by atoms with Crippen molar-refractivity contribution in [3.8, 4) is 0 Å². The topological polar surface area (TPSA) is 175 Å². The zero-order valence-electron chi connectivity index (χ0n) is 51.1. The number of esters is 1. The number of carbonyl (C=O) groups excluding carboxylic acids is 2. The Bertz CT molecular complexity index is 1450. The molecular weight excluding hydrogens is 991 g/mol. The summed E-state index contributed by atoms with van der Waals surface area (Å²) in [5.41, 5.74) is 0. The minimum Gasteiger partial charge on any atom is -0.466 e. The summed E-state index contributed by atoms with van der Waals surface area (Å²) in [7, 11) is 0. The monoisotopic (exact) mass is 1120 g/mol. The van der Waals surface area contributed by atoms with Gasteiger partial charge in [-0.05, 0) is 77.0 Å². The van der Waals surface area contributed by atoms with Crippen molar-refractivity contribution in [3.63, 3.8) is 0 Å². The Kier molecular flexibility index (Phi) is 54.3. The minimum atomic E-state index is -1.58. The largest absolute Gasteiger partial charge is 0.466 e. The number of unbranched alkanes of at least 4 members (excludes halogenated alkanes) is 38. The molecule has 7 atom stereocenters. The molecule has 1 aliphatic heterocycles. The van der Waals surface area contributed by atoms with Crippen molar-refractivity contribution in [1.82, 2.24) is 5.32 Å². The third-order valence-corrected chi connectivity index (χ3v) is 15.7. The highest BCUT2D eigenvalue weighted by molar-refractivity contribution is 5.76. The van der Waals surface area contributed by atoms with Crippen LogP contribution in [0.15, 0.2) is 48.6 Å². The van der Waals surface area contributed by atoms with Gasteiger partial charge < -0.3 is 45.1 Å². The molecule has 1 heterocycles. The molecule has 7 unspecified atom stereocenters. The van der Waals surface area contributed by atoms with Crippen LogP contribution in [0.3, 0.4) is 0 Å². The van der Waals surface area contributed by atoms with Gasteiger partial charge in [-0.3, -0.25) is 9.59 Å². The van der Waals surface area contributed by atoms with Crippen molar-refractivity contribution in [1.29, 1.82) is 0 Å². The summed E-state index contributed by atoms with van der Waals surface area (Å²) in [4.78, 5) is 25.1. The van der Waals surface area contributed by atoms with Gasteiger partial charge in [0.05, 0.1) is 32.0 Å². The fraction of sp³-hybridized carbons (Fsp3) is 0.853. The molecule has 1 amide bonds. The second kappa shape index (κ2) is 57.4. The Morgan fingerprint density at radius 3 is 1.35 bits per heavy atom. The van der Waals surface area contributed by atoms with Crippen molar-refractivity contribution in [2.45, 2.75) is 352 Å². The number of allylic oxidation sites excluding steroid dienone is 7. The zero-order chi connectivity index (χ0) is 57.3. The Labute approximate surface area is 485 Å². The number of amides is 1. The van der Waals surface area contributed by atoms with E-state index in [4.69, 9.17) is 14.2 Å². The van der Waals surface area contributed by atoms with E-state index in [0.29, 0.717) is 19.4 Å². The van der Waals surface area contributed by atoms with E-state index in [9.17, 15) is 35.1 Å². The Hall–Kier alpha value is -2.38. The molecule has 0 aromatic heterocycles. The van der Waals surface area contributed by atoms with E-state index in [1.54, 1.807) is 6.08 Å². The normalized spacial score (nSPS) is 18.7. The fourth-order valence-corrected chi connectivity index (χ4v) is 10.4. The van der Waals surface area contributed by atoms with Gasteiger partial charge in [0, 0.05) is 12.8 Å². The van der Waals surface area contributed by atoms with E-state index in [-0.39, 0.29) is 18.5 Å². The third-order valence-electron chi connectivity index (χ3n) is 15.7. The number of nitrogens with one attached hydrogen (secondary N) is 1. The maximum Gasteiger partial charge on any atom is 0.305 e. The molecule has 79 heavy (non-hydrogen) atoms. The van der Waals surface area contributed by atoms with E-state index in [2.05, 4.69) is 55.6 Å². The molecule has 1 fully saturated rings. The Balaban J connectivity index is 1.96. The van der Waals surface area contributed by atoms with Gasteiger partial charge in [0.1, 0.15) is 24.4 Å². The average molecular weight is 1120 g/mol. The number of aliphatic hydroxyl groups is 5. The number of hydrogen-bond acceptors (Lipinski definition) is 10. The van der Waals surface area contributed by atoms with Gasteiger partial charge in [-0.25, -0.2) is 0 Å². The molecule has 0 aromatic rings. The maximum absolute atomic E-state index is 13.0. The predicted molar refractivity (Wildman–Crippen MR) is 329 cm³/mol. The molecule has 462 valence electrons. The highest BCUT2D eigenvalue weighted by atomic mass is 16.7. The molecule has 11 heteroatoms. The highest BCUT2D eigenvalue weighted by Gasteiger charge is 2.44. The third kappa shape index (κ3) is 46.8. The lowest BCUT2D eigenvalue weighted by atomic mass is 9.99. The first-order chi connectivity index (χ1) is 38.7. The van der Waals surface area contributed by atoms with Crippen LogP contribution in [0.2, 0.25) is 0 Å². The van der Waals surface area contributed by atoms with Gasteiger partial charge >= 0.3 is 5.97 Å². The maximum atomic E-state index is 13.0. The van der Waals surface area contributed by atoms with Crippen molar-refractivity contribution < 1.29 is 49.3 Å². The first kappa shape index (κ1) is 74.6. The summed E-state index contributed by atoms with van der Waals surface area (Å²) < 4.78 is 16.7.